The lowest BCUT2D eigenvalue weighted by molar-refractivity contribution is -0.120. The van der Waals surface area contributed by atoms with Crippen molar-refractivity contribution in [2.45, 2.75) is 6.42 Å². The van der Waals surface area contributed by atoms with E-state index in [1.165, 1.54) is 5.69 Å². The average Bonchev–Trinajstić information content (AvgIpc) is 2.77. The van der Waals surface area contributed by atoms with E-state index in [9.17, 15) is 4.79 Å². The van der Waals surface area contributed by atoms with Gasteiger partial charge >= 0.3 is 0 Å². The van der Waals surface area contributed by atoms with Crippen LogP contribution in [0.4, 0.5) is 11.5 Å². The first-order valence-corrected chi connectivity index (χ1v) is 10.0. The molecule has 0 spiro atoms. The maximum atomic E-state index is 12.2. The van der Waals surface area contributed by atoms with Gasteiger partial charge in [0.1, 0.15) is 0 Å². The Morgan fingerprint density at radius 3 is 2.59 bits per heavy atom. The Bertz CT molecular complexity index is 967. The zero-order chi connectivity index (χ0) is 20.1. The standard InChI is InChI=1S/C21H23ClN6O/c22-17-5-7-18(8-6-17)28-13-11-27(12-14-28)10-9-20(29)24-26-21-19-4-2-1-3-16(19)15-23-25-21/h1-8,15H,9-14H2,(H,24,29)(H,25,26). The summed E-state index contributed by atoms with van der Waals surface area (Å²) >= 11 is 5.96. The van der Waals surface area contributed by atoms with Crippen LogP contribution in [0, 0.1) is 0 Å². The summed E-state index contributed by atoms with van der Waals surface area (Å²) in [5, 5.41) is 10.7. The first-order chi connectivity index (χ1) is 14.2. The van der Waals surface area contributed by atoms with E-state index >= 15 is 0 Å². The van der Waals surface area contributed by atoms with Gasteiger partial charge < -0.3 is 4.90 Å². The minimum atomic E-state index is -0.0696. The minimum Gasteiger partial charge on any atom is -0.369 e. The van der Waals surface area contributed by atoms with Gasteiger partial charge in [-0.3, -0.25) is 20.5 Å². The van der Waals surface area contributed by atoms with Crippen LogP contribution in [-0.2, 0) is 4.79 Å². The molecule has 0 unspecified atom stereocenters. The van der Waals surface area contributed by atoms with Crippen LogP contribution in [0.3, 0.4) is 0 Å². The van der Waals surface area contributed by atoms with Gasteiger partial charge in [-0.25, -0.2) is 0 Å². The molecule has 4 rings (SSSR count). The SMILES string of the molecule is O=C(CCN1CCN(c2ccc(Cl)cc2)CC1)NNc1nncc2ccccc12. The molecule has 8 heteroatoms. The van der Waals surface area contributed by atoms with Gasteiger partial charge in [0.05, 0.1) is 6.20 Å². The van der Waals surface area contributed by atoms with Gasteiger partial charge in [-0.05, 0) is 24.3 Å². The Morgan fingerprint density at radius 1 is 1.03 bits per heavy atom. The number of piperazine rings is 1. The van der Waals surface area contributed by atoms with E-state index in [-0.39, 0.29) is 5.91 Å². The summed E-state index contributed by atoms with van der Waals surface area (Å²) < 4.78 is 0. The number of anilines is 2. The molecule has 2 aromatic carbocycles. The number of nitrogens with one attached hydrogen (secondary N) is 2. The third-order valence-corrected chi connectivity index (χ3v) is 5.36. The number of carbonyl (C=O) groups excluding carboxylic acids is 1. The van der Waals surface area contributed by atoms with Crippen molar-refractivity contribution in [3.8, 4) is 0 Å². The highest BCUT2D eigenvalue weighted by Crippen LogP contribution is 2.20. The van der Waals surface area contributed by atoms with Crippen LogP contribution in [0.5, 0.6) is 0 Å². The molecular weight excluding hydrogens is 388 g/mol. The summed E-state index contributed by atoms with van der Waals surface area (Å²) in [4.78, 5) is 16.9. The normalized spacial score (nSPS) is 14.7. The van der Waals surface area contributed by atoms with Gasteiger partial charge in [-0.2, -0.15) is 5.10 Å². The van der Waals surface area contributed by atoms with Crippen LogP contribution in [0.2, 0.25) is 5.02 Å². The number of carbonyl (C=O) groups is 1. The minimum absolute atomic E-state index is 0.0696. The second-order valence-electron chi connectivity index (χ2n) is 7.01. The van der Waals surface area contributed by atoms with E-state index in [0.717, 1.165) is 48.5 Å². The second-order valence-corrected chi connectivity index (χ2v) is 7.45. The molecule has 2 N–H and O–H groups in total. The van der Waals surface area contributed by atoms with Crippen LogP contribution in [0.1, 0.15) is 6.42 Å². The van der Waals surface area contributed by atoms with Gasteiger partial charge in [0.2, 0.25) is 5.91 Å². The van der Waals surface area contributed by atoms with E-state index < -0.39 is 0 Å². The van der Waals surface area contributed by atoms with E-state index in [0.29, 0.717) is 12.2 Å². The molecule has 3 aromatic rings. The lowest BCUT2D eigenvalue weighted by Gasteiger charge is -2.36. The van der Waals surface area contributed by atoms with Crippen molar-refractivity contribution in [3.05, 3.63) is 59.8 Å². The third-order valence-electron chi connectivity index (χ3n) is 5.11. The van der Waals surface area contributed by atoms with Crippen molar-refractivity contribution < 1.29 is 4.79 Å². The number of nitrogens with zero attached hydrogens (tertiary/aromatic N) is 4. The number of hydrogen-bond acceptors (Lipinski definition) is 6. The summed E-state index contributed by atoms with van der Waals surface area (Å²) in [5.41, 5.74) is 6.81. The molecule has 1 aliphatic heterocycles. The number of benzene rings is 2. The maximum absolute atomic E-state index is 12.2. The molecule has 7 nitrogen and oxygen atoms in total. The van der Waals surface area contributed by atoms with Gasteiger partial charge in [-0.1, -0.05) is 35.9 Å². The Balaban J connectivity index is 1.22. The van der Waals surface area contributed by atoms with Crippen LogP contribution in [0.15, 0.2) is 54.7 Å². The Kier molecular flexibility index (Phi) is 6.07. The van der Waals surface area contributed by atoms with E-state index in [2.05, 4.69) is 30.8 Å². The van der Waals surface area contributed by atoms with Crippen molar-refractivity contribution in [2.75, 3.05) is 43.0 Å². The molecule has 1 saturated heterocycles. The Morgan fingerprint density at radius 2 is 1.79 bits per heavy atom. The topological polar surface area (TPSA) is 73.4 Å². The highest BCUT2D eigenvalue weighted by atomic mass is 35.5. The third kappa shape index (κ3) is 4.93. The van der Waals surface area contributed by atoms with Crippen molar-refractivity contribution in [3.63, 3.8) is 0 Å². The van der Waals surface area contributed by atoms with Crippen molar-refractivity contribution in [2.24, 2.45) is 0 Å². The second kappa shape index (κ2) is 9.07. The molecule has 150 valence electrons. The zero-order valence-electron chi connectivity index (χ0n) is 16.0. The van der Waals surface area contributed by atoms with E-state index in [4.69, 9.17) is 11.6 Å². The number of hydrogen-bond donors (Lipinski definition) is 2. The molecule has 1 amide bonds. The molecular formula is C21H23ClN6O. The predicted molar refractivity (Wildman–Crippen MR) is 116 cm³/mol. The van der Waals surface area contributed by atoms with Crippen LogP contribution in [0.25, 0.3) is 10.8 Å². The number of halogens is 1. The lowest BCUT2D eigenvalue weighted by Crippen LogP contribution is -2.47. The number of rotatable bonds is 6. The van der Waals surface area contributed by atoms with Crippen molar-refractivity contribution in [1.82, 2.24) is 20.5 Å². The monoisotopic (exact) mass is 410 g/mol. The molecule has 1 aliphatic rings. The molecule has 1 fully saturated rings. The van der Waals surface area contributed by atoms with Gasteiger partial charge in [0.25, 0.3) is 0 Å². The Hall–Kier alpha value is -2.90. The summed E-state index contributed by atoms with van der Waals surface area (Å²) in [6.45, 7) is 4.46. The molecule has 29 heavy (non-hydrogen) atoms. The fourth-order valence-corrected chi connectivity index (χ4v) is 3.58. The first kappa shape index (κ1) is 19.4. The predicted octanol–water partition coefficient (Wildman–Crippen LogP) is 2.94. The maximum Gasteiger partial charge on any atom is 0.239 e. The summed E-state index contributed by atoms with van der Waals surface area (Å²) in [5.74, 6) is 0.480. The van der Waals surface area contributed by atoms with Gasteiger partial charge in [0.15, 0.2) is 5.82 Å². The largest absolute Gasteiger partial charge is 0.369 e. The average molecular weight is 411 g/mol. The van der Waals surface area contributed by atoms with Gasteiger partial charge in [0, 0.05) is 60.6 Å². The highest BCUT2D eigenvalue weighted by Gasteiger charge is 2.18. The number of hydrazine groups is 1. The molecule has 0 bridgehead atoms. The number of amides is 1. The van der Waals surface area contributed by atoms with Crippen LogP contribution >= 0.6 is 11.6 Å². The molecule has 0 aliphatic carbocycles. The molecule has 0 saturated carbocycles. The van der Waals surface area contributed by atoms with Crippen LogP contribution < -0.4 is 15.8 Å². The van der Waals surface area contributed by atoms with Gasteiger partial charge in [-0.15, -0.1) is 5.10 Å². The Labute approximate surface area is 174 Å². The van der Waals surface area contributed by atoms with Crippen molar-refractivity contribution in [1.29, 1.82) is 0 Å². The number of aromatic nitrogens is 2. The highest BCUT2D eigenvalue weighted by molar-refractivity contribution is 6.30. The first-order valence-electron chi connectivity index (χ1n) is 9.67. The fraction of sp³-hybridized carbons (Fsp3) is 0.286. The smallest absolute Gasteiger partial charge is 0.239 e. The van der Waals surface area contributed by atoms with Crippen LogP contribution in [-0.4, -0.2) is 53.7 Å². The summed E-state index contributed by atoms with van der Waals surface area (Å²) in [7, 11) is 0. The molecule has 0 atom stereocenters. The number of fused-ring (bicyclic) bond motifs is 1. The van der Waals surface area contributed by atoms with E-state index in [1.54, 1.807) is 6.20 Å². The zero-order valence-corrected chi connectivity index (χ0v) is 16.8. The molecule has 2 heterocycles. The van der Waals surface area contributed by atoms with Crippen molar-refractivity contribution >= 4 is 39.8 Å². The molecule has 0 radical (unpaired) electrons. The summed E-state index contributed by atoms with van der Waals surface area (Å²) in [6, 6.07) is 15.7. The quantitative estimate of drug-likeness (QED) is 0.609. The van der Waals surface area contributed by atoms with E-state index in [1.807, 2.05) is 48.5 Å². The molecule has 1 aromatic heterocycles. The summed E-state index contributed by atoms with van der Waals surface area (Å²) in [6.07, 6.45) is 2.12. The lowest BCUT2D eigenvalue weighted by atomic mass is 10.2. The fourth-order valence-electron chi connectivity index (χ4n) is 3.45.